The van der Waals surface area contributed by atoms with Crippen LogP contribution in [0.1, 0.15) is 36.0 Å². The quantitative estimate of drug-likeness (QED) is 0.697. The van der Waals surface area contributed by atoms with Gasteiger partial charge in [0, 0.05) is 61.9 Å². The van der Waals surface area contributed by atoms with E-state index in [-0.39, 0.29) is 11.9 Å². The fraction of sp³-hybridized carbons (Fsp3) is 0.350. The Morgan fingerprint density at radius 2 is 2.00 bits per heavy atom. The molecule has 3 aromatic heterocycles. The van der Waals surface area contributed by atoms with Crippen LogP contribution in [0.4, 0.5) is 0 Å². The summed E-state index contributed by atoms with van der Waals surface area (Å²) in [5, 5.41) is 4.26. The van der Waals surface area contributed by atoms with Crippen molar-refractivity contribution < 1.29 is 4.79 Å². The molecule has 3 aromatic rings. The first-order chi connectivity index (χ1) is 13.3. The predicted molar refractivity (Wildman–Crippen MR) is 101 cm³/mol. The number of piperidine rings is 1. The van der Waals surface area contributed by atoms with Crippen LogP contribution < -0.4 is 0 Å². The molecule has 1 saturated heterocycles. The fourth-order valence-electron chi connectivity index (χ4n) is 3.53. The highest BCUT2D eigenvalue weighted by Crippen LogP contribution is 2.22. The Morgan fingerprint density at radius 1 is 1.11 bits per heavy atom. The summed E-state index contributed by atoms with van der Waals surface area (Å²) in [6.45, 7) is 1.60. The van der Waals surface area contributed by atoms with Gasteiger partial charge in [0.15, 0.2) is 5.82 Å². The summed E-state index contributed by atoms with van der Waals surface area (Å²) in [7, 11) is 0. The lowest BCUT2D eigenvalue weighted by molar-refractivity contribution is 0.0593. The van der Waals surface area contributed by atoms with Crippen molar-refractivity contribution in [2.24, 2.45) is 0 Å². The van der Waals surface area contributed by atoms with Crippen LogP contribution in [0.15, 0.2) is 55.4 Å². The molecule has 7 heteroatoms. The topological polar surface area (TPSA) is 76.8 Å². The van der Waals surface area contributed by atoms with Crippen LogP contribution in [0.3, 0.4) is 0 Å². The summed E-state index contributed by atoms with van der Waals surface area (Å²) < 4.78 is 1.92. The number of amides is 1. The van der Waals surface area contributed by atoms with E-state index in [1.54, 1.807) is 31.0 Å². The van der Waals surface area contributed by atoms with Crippen LogP contribution in [0.2, 0.25) is 0 Å². The van der Waals surface area contributed by atoms with Gasteiger partial charge < -0.3 is 4.90 Å². The molecule has 27 heavy (non-hydrogen) atoms. The van der Waals surface area contributed by atoms with Crippen LogP contribution in [0.25, 0.3) is 11.4 Å². The minimum Gasteiger partial charge on any atom is -0.336 e. The molecule has 1 aliphatic rings. The van der Waals surface area contributed by atoms with E-state index in [1.165, 1.54) is 0 Å². The number of hydrogen-bond donors (Lipinski definition) is 0. The van der Waals surface area contributed by atoms with E-state index in [4.69, 9.17) is 0 Å². The average molecular weight is 362 g/mol. The van der Waals surface area contributed by atoms with Crippen molar-refractivity contribution in [3.63, 3.8) is 0 Å². The first kappa shape index (κ1) is 17.3. The molecule has 0 aliphatic carbocycles. The van der Waals surface area contributed by atoms with E-state index in [9.17, 15) is 4.79 Å². The van der Waals surface area contributed by atoms with Crippen LogP contribution in [-0.4, -0.2) is 48.1 Å². The molecule has 0 N–H and O–H groups in total. The molecule has 1 amide bonds. The fourth-order valence-corrected chi connectivity index (χ4v) is 3.53. The van der Waals surface area contributed by atoms with E-state index >= 15 is 0 Å². The number of carbonyl (C=O) groups is 1. The molecule has 7 nitrogen and oxygen atoms in total. The van der Waals surface area contributed by atoms with Gasteiger partial charge in [0.1, 0.15) is 0 Å². The van der Waals surface area contributed by atoms with Gasteiger partial charge >= 0.3 is 0 Å². The third-order valence-electron chi connectivity index (χ3n) is 4.96. The van der Waals surface area contributed by atoms with E-state index in [0.29, 0.717) is 11.4 Å². The van der Waals surface area contributed by atoms with Gasteiger partial charge in [-0.25, -0.2) is 9.97 Å². The molecule has 4 heterocycles. The van der Waals surface area contributed by atoms with Crippen molar-refractivity contribution in [2.45, 2.75) is 38.3 Å². The Bertz CT molecular complexity index is 863. The second kappa shape index (κ2) is 8.07. The third kappa shape index (κ3) is 4.02. The second-order valence-electron chi connectivity index (χ2n) is 6.74. The molecule has 0 bridgehead atoms. The Balaban J connectivity index is 1.46. The maximum absolute atomic E-state index is 13.0. The second-order valence-corrected chi connectivity index (χ2v) is 6.74. The third-order valence-corrected chi connectivity index (χ3v) is 4.96. The summed E-state index contributed by atoms with van der Waals surface area (Å²) in [4.78, 5) is 27.8. The molecule has 1 fully saturated rings. The van der Waals surface area contributed by atoms with Crippen LogP contribution >= 0.6 is 0 Å². The zero-order valence-electron chi connectivity index (χ0n) is 15.1. The van der Waals surface area contributed by atoms with E-state index < -0.39 is 0 Å². The van der Waals surface area contributed by atoms with Crippen molar-refractivity contribution >= 4 is 5.91 Å². The largest absolute Gasteiger partial charge is 0.336 e. The van der Waals surface area contributed by atoms with Crippen molar-refractivity contribution in [2.75, 3.05) is 6.54 Å². The lowest BCUT2D eigenvalue weighted by Crippen LogP contribution is -2.44. The molecule has 138 valence electrons. The molecule has 1 atom stereocenters. The van der Waals surface area contributed by atoms with Gasteiger partial charge in [0.05, 0.1) is 5.56 Å². The molecular weight excluding hydrogens is 340 g/mol. The molecule has 0 saturated carbocycles. The summed E-state index contributed by atoms with van der Waals surface area (Å²) in [6, 6.07) is 5.90. The first-order valence-corrected chi connectivity index (χ1v) is 9.32. The van der Waals surface area contributed by atoms with Crippen molar-refractivity contribution in [3.05, 3.63) is 60.9 Å². The molecule has 1 aliphatic heterocycles. The van der Waals surface area contributed by atoms with Gasteiger partial charge in [0.25, 0.3) is 5.91 Å². The van der Waals surface area contributed by atoms with Crippen molar-refractivity contribution in [1.29, 1.82) is 0 Å². The number of aromatic nitrogens is 5. The zero-order chi connectivity index (χ0) is 18.5. The molecule has 0 radical (unpaired) electrons. The van der Waals surface area contributed by atoms with Gasteiger partial charge in [0.2, 0.25) is 0 Å². The SMILES string of the molecule is O=C(c1cnc(-c2cccnc2)nc1)N1CCCC[C@@H]1CCn1cccn1. The van der Waals surface area contributed by atoms with Gasteiger partial charge in [-0.1, -0.05) is 0 Å². The molecule has 0 spiro atoms. The smallest absolute Gasteiger partial charge is 0.257 e. The Hall–Kier alpha value is -3.09. The number of aryl methyl sites for hydroxylation is 1. The van der Waals surface area contributed by atoms with E-state index in [2.05, 4.69) is 20.1 Å². The summed E-state index contributed by atoms with van der Waals surface area (Å²) in [5.41, 5.74) is 1.38. The zero-order valence-corrected chi connectivity index (χ0v) is 15.1. The van der Waals surface area contributed by atoms with Gasteiger partial charge in [-0.2, -0.15) is 5.10 Å². The molecule has 0 unspecified atom stereocenters. The maximum Gasteiger partial charge on any atom is 0.257 e. The number of hydrogen-bond acceptors (Lipinski definition) is 5. The minimum absolute atomic E-state index is 0.0119. The van der Waals surface area contributed by atoms with Crippen molar-refractivity contribution in [3.8, 4) is 11.4 Å². The van der Waals surface area contributed by atoms with Gasteiger partial charge in [-0.05, 0) is 43.9 Å². The van der Waals surface area contributed by atoms with Crippen LogP contribution in [-0.2, 0) is 6.54 Å². The van der Waals surface area contributed by atoms with Gasteiger partial charge in [-0.3, -0.25) is 14.5 Å². The number of nitrogens with zero attached hydrogens (tertiary/aromatic N) is 6. The maximum atomic E-state index is 13.0. The van der Waals surface area contributed by atoms with E-state index in [0.717, 1.165) is 44.3 Å². The number of rotatable bonds is 5. The minimum atomic E-state index is 0.0119. The highest BCUT2D eigenvalue weighted by atomic mass is 16.2. The summed E-state index contributed by atoms with van der Waals surface area (Å²) >= 11 is 0. The Morgan fingerprint density at radius 3 is 2.74 bits per heavy atom. The highest BCUT2D eigenvalue weighted by molar-refractivity contribution is 5.94. The number of carbonyl (C=O) groups excluding carboxylic acids is 1. The summed E-state index contributed by atoms with van der Waals surface area (Å²) in [5.74, 6) is 0.589. The van der Waals surface area contributed by atoms with Crippen LogP contribution in [0.5, 0.6) is 0 Å². The van der Waals surface area contributed by atoms with Crippen molar-refractivity contribution in [1.82, 2.24) is 29.6 Å². The van der Waals surface area contributed by atoms with Crippen LogP contribution in [0, 0.1) is 0 Å². The predicted octanol–water partition coefficient (Wildman–Crippen LogP) is 2.82. The normalized spacial score (nSPS) is 17.0. The average Bonchev–Trinajstić information content (AvgIpc) is 3.26. The van der Waals surface area contributed by atoms with E-state index in [1.807, 2.05) is 34.0 Å². The Labute approximate surface area is 158 Å². The lowest BCUT2D eigenvalue weighted by Gasteiger charge is -2.35. The standard InChI is InChI=1S/C20H22N6O/c27-20(17-14-22-19(23-15-17)16-5-3-8-21-13-16)26-11-2-1-6-18(26)7-12-25-10-4-9-24-25/h3-5,8-10,13-15,18H,1-2,6-7,11-12H2/t18-/m1/s1. The highest BCUT2D eigenvalue weighted by Gasteiger charge is 2.27. The Kier molecular flexibility index (Phi) is 5.18. The van der Waals surface area contributed by atoms with Gasteiger partial charge in [-0.15, -0.1) is 0 Å². The number of pyridine rings is 1. The first-order valence-electron chi connectivity index (χ1n) is 9.32. The number of likely N-dealkylation sites (tertiary alicyclic amines) is 1. The monoisotopic (exact) mass is 362 g/mol. The molecule has 4 rings (SSSR count). The lowest BCUT2D eigenvalue weighted by atomic mass is 9.98. The summed E-state index contributed by atoms with van der Waals surface area (Å²) in [6.07, 6.45) is 14.5. The molecular formula is C20H22N6O. The molecule has 0 aromatic carbocycles.